The molecule has 0 aliphatic rings. The van der Waals surface area contributed by atoms with Crippen molar-refractivity contribution in [1.82, 2.24) is 0 Å². The van der Waals surface area contributed by atoms with Crippen molar-refractivity contribution < 1.29 is 4.74 Å². The molecule has 1 nitrogen and oxygen atoms in total. The van der Waals surface area contributed by atoms with E-state index >= 15 is 0 Å². The van der Waals surface area contributed by atoms with Gasteiger partial charge in [0.2, 0.25) is 0 Å². The zero-order valence-electron chi connectivity index (χ0n) is 7.61. The van der Waals surface area contributed by atoms with Gasteiger partial charge in [-0.25, -0.2) is 0 Å². The van der Waals surface area contributed by atoms with Crippen molar-refractivity contribution in [2.75, 3.05) is 6.61 Å². The molecule has 1 radical (unpaired) electrons. The van der Waals surface area contributed by atoms with Gasteiger partial charge in [0.05, 0.1) is 6.10 Å². The molecule has 61 valence electrons. The predicted octanol–water partition coefficient (Wildman–Crippen LogP) is 2.81. The third kappa shape index (κ3) is 3.89. The smallest absolute Gasteiger partial charge is 0.0629 e. The second-order valence-electron chi connectivity index (χ2n) is 2.85. The van der Waals surface area contributed by atoms with Gasteiger partial charge in [0, 0.05) is 6.61 Å². The number of rotatable bonds is 5. The molecule has 0 amide bonds. The van der Waals surface area contributed by atoms with Gasteiger partial charge in [-0.05, 0) is 18.8 Å². The van der Waals surface area contributed by atoms with Crippen LogP contribution in [0.15, 0.2) is 0 Å². The third-order valence-electron chi connectivity index (χ3n) is 1.54. The molecule has 0 bridgehead atoms. The van der Waals surface area contributed by atoms with Crippen molar-refractivity contribution in [3.63, 3.8) is 0 Å². The summed E-state index contributed by atoms with van der Waals surface area (Å²) < 4.78 is 5.56. The van der Waals surface area contributed by atoms with Crippen LogP contribution in [0, 0.1) is 5.92 Å². The SMILES string of the molecule is CCCOC(CC)[C](C)C. The lowest BCUT2D eigenvalue weighted by Gasteiger charge is -2.18. The first-order chi connectivity index (χ1) is 4.72. The van der Waals surface area contributed by atoms with E-state index in [-0.39, 0.29) is 0 Å². The molecular weight excluding hydrogens is 124 g/mol. The van der Waals surface area contributed by atoms with Crippen LogP contribution in [0.5, 0.6) is 0 Å². The van der Waals surface area contributed by atoms with E-state index in [0.29, 0.717) is 6.10 Å². The highest BCUT2D eigenvalue weighted by Crippen LogP contribution is 2.11. The number of ether oxygens (including phenoxy) is 1. The minimum absolute atomic E-state index is 0.389. The van der Waals surface area contributed by atoms with E-state index in [1.54, 1.807) is 0 Å². The minimum Gasteiger partial charge on any atom is -0.378 e. The van der Waals surface area contributed by atoms with E-state index < -0.39 is 0 Å². The molecule has 1 atom stereocenters. The van der Waals surface area contributed by atoms with Crippen LogP contribution in [-0.2, 0) is 4.74 Å². The quantitative estimate of drug-likeness (QED) is 0.575. The van der Waals surface area contributed by atoms with E-state index in [1.807, 2.05) is 0 Å². The summed E-state index contributed by atoms with van der Waals surface area (Å²) in [5.74, 6) is 1.39. The van der Waals surface area contributed by atoms with Gasteiger partial charge in [0.25, 0.3) is 0 Å². The summed E-state index contributed by atoms with van der Waals surface area (Å²) in [4.78, 5) is 0. The van der Waals surface area contributed by atoms with Crippen LogP contribution in [0.4, 0.5) is 0 Å². The first-order valence-electron chi connectivity index (χ1n) is 4.14. The third-order valence-corrected chi connectivity index (χ3v) is 1.54. The lowest BCUT2D eigenvalue weighted by Crippen LogP contribution is -2.17. The first kappa shape index (κ1) is 9.96. The summed E-state index contributed by atoms with van der Waals surface area (Å²) >= 11 is 0. The number of hydrogen-bond donors (Lipinski definition) is 0. The predicted molar refractivity (Wildman–Crippen MR) is 44.9 cm³/mol. The average molecular weight is 143 g/mol. The molecule has 0 aromatic rings. The van der Waals surface area contributed by atoms with Crippen molar-refractivity contribution >= 4 is 0 Å². The van der Waals surface area contributed by atoms with Gasteiger partial charge in [-0.15, -0.1) is 0 Å². The average Bonchev–Trinajstić information content (AvgIpc) is 1.89. The summed E-state index contributed by atoms with van der Waals surface area (Å²) in [5.41, 5.74) is 0. The first-order valence-corrected chi connectivity index (χ1v) is 4.14. The highest BCUT2D eigenvalue weighted by Gasteiger charge is 2.10. The second kappa shape index (κ2) is 5.72. The topological polar surface area (TPSA) is 9.23 Å². The Morgan fingerprint density at radius 3 is 2.20 bits per heavy atom. The van der Waals surface area contributed by atoms with Crippen LogP contribution in [0.2, 0.25) is 0 Å². The monoisotopic (exact) mass is 143 g/mol. The molecular formula is C9H19O. The van der Waals surface area contributed by atoms with Crippen molar-refractivity contribution in [3.05, 3.63) is 5.92 Å². The second-order valence-corrected chi connectivity index (χ2v) is 2.85. The fourth-order valence-corrected chi connectivity index (χ4v) is 0.953. The Balaban J connectivity index is 3.40. The molecule has 0 fully saturated rings. The lowest BCUT2D eigenvalue weighted by molar-refractivity contribution is 0.0616. The maximum atomic E-state index is 5.56. The highest BCUT2D eigenvalue weighted by atomic mass is 16.5. The van der Waals surface area contributed by atoms with Gasteiger partial charge in [-0.2, -0.15) is 0 Å². The summed E-state index contributed by atoms with van der Waals surface area (Å²) in [6, 6.07) is 0. The van der Waals surface area contributed by atoms with Crippen LogP contribution in [0.1, 0.15) is 40.5 Å². The Hall–Kier alpha value is -0.0400. The van der Waals surface area contributed by atoms with Gasteiger partial charge < -0.3 is 4.74 Å². The largest absolute Gasteiger partial charge is 0.378 e. The van der Waals surface area contributed by atoms with Gasteiger partial charge >= 0.3 is 0 Å². The fraction of sp³-hybridized carbons (Fsp3) is 0.889. The molecule has 1 heteroatoms. The molecule has 10 heavy (non-hydrogen) atoms. The maximum Gasteiger partial charge on any atom is 0.0629 e. The van der Waals surface area contributed by atoms with E-state index in [1.165, 1.54) is 5.92 Å². The molecule has 0 spiro atoms. The molecule has 0 saturated heterocycles. The zero-order chi connectivity index (χ0) is 7.98. The molecule has 0 aliphatic carbocycles. The Labute approximate surface area is 64.8 Å². The molecule has 0 N–H and O–H groups in total. The summed E-state index contributed by atoms with van der Waals surface area (Å²) in [6.45, 7) is 9.45. The molecule has 1 unspecified atom stereocenters. The summed E-state index contributed by atoms with van der Waals surface area (Å²) in [5, 5.41) is 0. The molecule has 0 aliphatic heterocycles. The molecule has 0 saturated carbocycles. The Morgan fingerprint density at radius 1 is 1.30 bits per heavy atom. The van der Waals surface area contributed by atoms with Gasteiger partial charge in [0.15, 0.2) is 0 Å². The van der Waals surface area contributed by atoms with E-state index in [2.05, 4.69) is 27.7 Å². The van der Waals surface area contributed by atoms with Crippen LogP contribution in [0.25, 0.3) is 0 Å². The minimum atomic E-state index is 0.389. The standard InChI is InChI=1S/C9H19O/c1-5-7-10-9(6-2)8(3)4/h9H,5-7H2,1-4H3. The van der Waals surface area contributed by atoms with Gasteiger partial charge in [0.1, 0.15) is 0 Å². The van der Waals surface area contributed by atoms with Gasteiger partial charge in [-0.1, -0.05) is 27.7 Å². The van der Waals surface area contributed by atoms with Crippen molar-refractivity contribution in [1.29, 1.82) is 0 Å². The number of hydrogen-bond acceptors (Lipinski definition) is 1. The molecule has 0 heterocycles. The molecule has 0 aromatic carbocycles. The van der Waals surface area contributed by atoms with Crippen molar-refractivity contribution in [2.24, 2.45) is 0 Å². The summed E-state index contributed by atoms with van der Waals surface area (Å²) in [7, 11) is 0. The van der Waals surface area contributed by atoms with E-state index in [4.69, 9.17) is 4.74 Å². The van der Waals surface area contributed by atoms with E-state index in [0.717, 1.165) is 19.4 Å². The summed E-state index contributed by atoms with van der Waals surface area (Å²) in [6.07, 6.45) is 2.60. The van der Waals surface area contributed by atoms with Crippen LogP contribution in [0.3, 0.4) is 0 Å². The Morgan fingerprint density at radius 2 is 1.90 bits per heavy atom. The van der Waals surface area contributed by atoms with Gasteiger partial charge in [-0.3, -0.25) is 0 Å². The molecule has 0 aromatic heterocycles. The zero-order valence-corrected chi connectivity index (χ0v) is 7.61. The highest BCUT2D eigenvalue weighted by molar-refractivity contribution is 4.87. The Kier molecular flexibility index (Phi) is 5.70. The maximum absolute atomic E-state index is 5.56. The van der Waals surface area contributed by atoms with Crippen LogP contribution < -0.4 is 0 Å². The Bertz CT molecular complexity index is 69.1. The van der Waals surface area contributed by atoms with Crippen molar-refractivity contribution in [3.8, 4) is 0 Å². The van der Waals surface area contributed by atoms with Crippen LogP contribution >= 0.6 is 0 Å². The lowest BCUT2D eigenvalue weighted by atomic mass is 10.1. The normalized spacial score (nSPS) is 14.1. The van der Waals surface area contributed by atoms with Crippen LogP contribution in [-0.4, -0.2) is 12.7 Å². The van der Waals surface area contributed by atoms with Crippen molar-refractivity contribution in [2.45, 2.75) is 46.6 Å². The van der Waals surface area contributed by atoms with E-state index in [9.17, 15) is 0 Å². The fourth-order valence-electron chi connectivity index (χ4n) is 0.953. The molecule has 0 rings (SSSR count).